The molecule has 0 fully saturated rings. The highest BCUT2D eigenvalue weighted by Crippen LogP contribution is 2.12. The Morgan fingerprint density at radius 1 is 1.50 bits per heavy atom. The van der Waals surface area contributed by atoms with E-state index in [0.717, 1.165) is 4.57 Å². The van der Waals surface area contributed by atoms with E-state index in [4.69, 9.17) is 0 Å². The fourth-order valence-electron chi connectivity index (χ4n) is 1.29. The molecule has 1 aromatic carbocycles. The Morgan fingerprint density at radius 3 is 2.94 bits per heavy atom. The van der Waals surface area contributed by atoms with Crippen molar-refractivity contribution in [3.05, 3.63) is 42.2 Å². The van der Waals surface area contributed by atoms with Crippen LogP contribution in [-0.4, -0.2) is 27.8 Å². The summed E-state index contributed by atoms with van der Waals surface area (Å²) < 4.78 is 18.8. The van der Waals surface area contributed by atoms with Gasteiger partial charge < -0.3 is 4.74 Å². The van der Waals surface area contributed by atoms with Crippen LogP contribution in [0.4, 0.5) is 4.39 Å². The van der Waals surface area contributed by atoms with Crippen molar-refractivity contribution in [3.63, 3.8) is 0 Å². The summed E-state index contributed by atoms with van der Waals surface area (Å²) in [7, 11) is 1.29. The molecule has 0 unspecified atom stereocenters. The van der Waals surface area contributed by atoms with E-state index in [0.29, 0.717) is 11.3 Å². The molecule has 0 amide bonds. The van der Waals surface area contributed by atoms with Crippen molar-refractivity contribution in [1.82, 2.24) is 14.8 Å². The third-order valence-electron chi connectivity index (χ3n) is 2.05. The smallest absolute Gasteiger partial charge is 0.337 e. The molecule has 0 radical (unpaired) electrons. The Hall–Kier alpha value is -2.24. The van der Waals surface area contributed by atoms with Crippen LogP contribution in [0.5, 0.6) is 0 Å². The van der Waals surface area contributed by atoms with Crippen LogP contribution in [0.25, 0.3) is 5.69 Å². The Bertz CT molecular complexity index is 524. The zero-order valence-electron chi connectivity index (χ0n) is 8.42. The molecule has 1 aromatic heterocycles. The number of rotatable bonds is 2. The minimum absolute atomic E-state index is 0.341. The molecule has 5 nitrogen and oxygen atoms in total. The molecule has 0 bridgehead atoms. The second kappa shape index (κ2) is 4.09. The monoisotopic (exact) mass is 221 g/mol. The first-order valence-electron chi connectivity index (χ1n) is 4.46. The van der Waals surface area contributed by atoms with Crippen LogP contribution >= 0.6 is 0 Å². The number of aromatic nitrogens is 3. The van der Waals surface area contributed by atoms with Crippen molar-refractivity contribution in [3.8, 4) is 5.69 Å². The lowest BCUT2D eigenvalue weighted by molar-refractivity contribution is 0.0600. The summed E-state index contributed by atoms with van der Waals surface area (Å²) in [5.41, 5.74) is 0.804. The predicted octanol–water partition coefficient (Wildman–Crippen LogP) is 1.19. The van der Waals surface area contributed by atoms with Crippen molar-refractivity contribution < 1.29 is 13.9 Å². The maximum Gasteiger partial charge on any atom is 0.337 e. The van der Waals surface area contributed by atoms with E-state index < -0.39 is 12.0 Å². The molecule has 0 atom stereocenters. The van der Waals surface area contributed by atoms with Crippen molar-refractivity contribution in [2.24, 2.45) is 0 Å². The summed E-state index contributed by atoms with van der Waals surface area (Å²) in [4.78, 5) is 11.3. The predicted molar refractivity (Wildman–Crippen MR) is 52.7 cm³/mol. The zero-order valence-corrected chi connectivity index (χ0v) is 8.42. The van der Waals surface area contributed by atoms with Gasteiger partial charge in [0.05, 0.1) is 18.4 Å². The maximum atomic E-state index is 13.1. The highest BCUT2D eigenvalue weighted by molar-refractivity contribution is 5.89. The number of benzene rings is 1. The van der Waals surface area contributed by atoms with Gasteiger partial charge in [-0.3, -0.25) is 4.57 Å². The average Bonchev–Trinajstić information content (AvgIpc) is 2.74. The molecule has 2 rings (SSSR count). The van der Waals surface area contributed by atoms with Crippen molar-refractivity contribution in [2.75, 3.05) is 7.11 Å². The van der Waals surface area contributed by atoms with E-state index in [1.807, 2.05) is 0 Å². The van der Waals surface area contributed by atoms with Crippen LogP contribution in [-0.2, 0) is 4.74 Å². The molecule has 0 aliphatic heterocycles. The fraction of sp³-hybridized carbons (Fsp3) is 0.100. The quantitative estimate of drug-likeness (QED) is 0.715. The Balaban J connectivity index is 2.44. The fourth-order valence-corrected chi connectivity index (χ4v) is 1.29. The van der Waals surface area contributed by atoms with E-state index in [2.05, 4.69) is 14.9 Å². The third kappa shape index (κ3) is 1.77. The molecular formula is C10H8FN3O2. The molecule has 0 spiro atoms. The van der Waals surface area contributed by atoms with Crippen molar-refractivity contribution >= 4 is 5.97 Å². The lowest BCUT2D eigenvalue weighted by atomic mass is 10.2. The topological polar surface area (TPSA) is 57.0 Å². The number of hydrogen-bond acceptors (Lipinski definition) is 4. The molecule has 82 valence electrons. The lowest BCUT2D eigenvalue weighted by Crippen LogP contribution is -2.03. The second-order valence-corrected chi connectivity index (χ2v) is 3.01. The number of carbonyl (C=O) groups is 1. The summed E-state index contributed by atoms with van der Waals surface area (Å²) in [6.07, 6.45) is 0.494. The average molecular weight is 221 g/mol. The molecule has 0 saturated heterocycles. The SMILES string of the molecule is COC(=O)c1cccc(-n2cnnc2F)c1. The van der Waals surface area contributed by atoms with Gasteiger partial charge in [-0.1, -0.05) is 11.2 Å². The van der Waals surface area contributed by atoms with Gasteiger partial charge in [0, 0.05) is 0 Å². The van der Waals surface area contributed by atoms with E-state index >= 15 is 0 Å². The normalized spacial score (nSPS) is 10.1. The van der Waals surface area contributed by atoms with Crippen LogP contribution in [0, 0.1) is 6.08 Å². The molecule has 6 heteroatoms. The second-order valence-electron chi connectivity index (χ2n) is 3.01. The number of ether oxygens (including phenoxy) is 1. The minimum atomic E-state index is -0.734. The highest BCUT2D eigenvalue weighted by Gasteiger charge is 2.09. The van der Waals surface area contributed by atoms with Crippen molar-refractivity contribution in [2.45, 2.75) is 0 Å². The molecular weight excluding hydrogens is 213 g/mol. The Kier molecular flexibility index (Phi) is 2.63. The highest BCUT2D eigenvalue weighted by atomic mass is 19.1. The van der Waals surface area contributed by atoms with Crippen LogP contribution in [0.3, 0.4) is 0 Å². The standard InChI is InChI=1S/C10H8FN3O2/c1-16-9(15)7-3-2-4-8(5-7)14-6-12-13-10(14)11/h2-6H,1H3. The van der Waals surface area contributed by atoms with Crippen molar-refractivity contribution in [1.29, 1.82) is 0 Å². The Morgan fingerprint density at radius 2 is 2.31 bits per heavy atom. The number of carbonyl (C=O) groups excluding carboxylic acids is 1. The van der Waals surface area contributed by atoms with Gasteiger partial charge in [0.15, 0.2) is 0 Å². The summed E-state index contributed by atoms with van der Waals surface area (Å²) in [5.74, 6) is -0.477. The Labute approximate surface area is 90.5 Å². The number of halogens is 1. The number of nitrogens with zero attached hydrogens (tertiary/aromatic N) is 3. The first-order valence-corrected chi connectivity index (χ1v) is 4.46. The van der Waals surface area contributed by atoms with E-state index in [-0.39, 0.29) is 0 Å². The van der Waals surface area contributed by atoms with Crippen LogP contribution < -0.4 is 0 Å². The molecule has 1 heterocycles. The molecule has 0 aliphatic carbocycles. The molecule has 0 saturated carbocycles. The summed E-state index contributed by atoms with van der Waals surface area (Å²) in [6.45, 7) is 0. The third-order valence-corrected chi connectivity index (χ3v) is 2.05. The van der Waals surface area contributed by atoms with Crippen LogP contribution in [0.15, 0.2) is 30.6 Å². The van der Waals surface area contributed by atoms with Gasteiger partial charge in [-0.15, -0.1) is 5.10 Å². The zero-order chi connectivity index (χ0) is 11.5. The van der Waals surface area contributed by atoms with Gasteiger partial charge >= 0.3 is 12.0 Å². The van der Waals surface area contributed by atoms with Gasteiger partial charge in [-0.25, -0.2) is 4.79 Å². The van der Waals surface area contributed by atoms with E-state index in [1.54, 1.807) is 18.2 Å². The first kappa shape index (κ1) is 10.3. The first-order chi connectivity index (χ1) is 7.72. The van der Waals surface area contributed by atoms with Gasteiger partial charge in [0.25, 0.3) is 0 Å². The number of methoxy groups -OCH3 is 1. The summed E-state index contributed by atoms with van der Waals surface area (Å²) in [6, 6.07) is 6.34. The van der Waals surface area contributed by atoms with Gasteiger partial charge in [0.2, 0.25) is 0 Å². The minimum Gasteiger partial charge on any atom is -0.465 e. The molecule has 0 N–H and O–H groups in total. The summed E-state index contributed by atoms with van der Waals surface area (Å²) in [5, 5.41) is 6.63. The number of esters is 1. The number of hydrogen-bond donors (Lipinski definition) is 0. The largest absolute Gasteiger partial charge is 0.465 e. The van der Waals surface area contributed by atoms with Gasteiger partial charge in [-0.2, -0.15) is 4.39 Å². The van der Waals surface area contributed by atoms with Crippen LogP contribution in [0.2, 0.25) is 0 Å². The maximum absolute atomic E-state index is 13.1. The van der Waals surface area contributed by atoms with Gasteiger partial charge in [-0.05, 0) is 18.2 Å². The summed E-state index contributed by atoms with van der Waals surface area (Å²) >= 11 is 0. The van der Waals surface area contributed by atoms with E-state index in [1.165, 1.54) is 19.5 Å². The molecule has 16 heavy (non-hydrogen) atoms. The van der Waals surface area contributed by atoms with Gasteiger partial charge in [0.1, 0.15) is 6.33 Å². The van der Waals surface area contributed by atoms with Crippen LogP contribution in [0.1, 0.15) is 10.4 Å². The van der Waals surface area contributed by atoms with E-state index in [9.17, 15) is 9.18 Å². The molecule has 2 aromatic rings. The molecule has 0 aliphatic rings. The lowest BCUT2D eigenvalue weighted by Gasteiger charge is -2.04.